The lowest BCUT2D eigenvalue weighted by atomic mass is 9.90. The van der Waals surface area contributed by atoms with Crippen molar-refractivity contribution in [3.05, 3.63) is 60.2 Å². The predicted octanol–water partition coefficient (Wildman–Crippen LogP) is 1.46. The maximum atomic E-state index is 13.9. The fraction of sp³-hybridized carbons (Fsp3) is 0.457. The number of carbonyl (C=O) groups is 6. The molecule has 0 unspecified atom stereocenters. The van der Waals surface area contributed by atoms with Crippen molar-refractivity contribution in [3.63, 3.8) is 0 Å². The van der Waals surface area contributed by atoms with Crippen LogP contribution in [0.2, 0.25) is 0 Å². The molecule has 1 fully saturated rings. The number of hydrogen-bond acceptors (Lipinski definition) is 7. The highest BCUT2D eigenvalue weighted by molar-refractivity contribution is 6.27. The molecule has 270 valence electrons. The zero-order chi connectivity index (χ0) is 36.6. The standard InChI is InChI=1S/C35H46ClN7O7/c36-21-30(45)41-26(15-16-31(46)47)34(50)43-18-5-4-10-28(43)33(49)42-27(29(44)20-25(32(37)48)9-6-17-40-35(38)39)19-22-11-13-24(14-12-22)23-7-2-1-3-8-23/h1-3,7-8,11-14,25-28H,4-6,9-10,15-21H2,(H2,37,48)(H,41,45)(H,42,49)(H,46,47)(H4,38,39,40)/t25-,26+,27+,28+/m1/s1. The Morgan fingerprint density at radius 2 is 1.58 bits per heavy atom. The van der Waals surface area contributed by atoms with E-state index in [0.29, 0.717) is 19.3 Å². The first-order chi connectivity index (χ1) is 23.9. The minimum Gasteiger partial charge on any atom is -0.481 e. The number of halogens is 1. The lowest BCUT2D eigenvalue weighted by Gasteiger charge is -2.37. The Bertz CT molecular complexity index is 1520. The molecule has 0 saturated carbocycles. The van der Waals surface area contributed by atoms with Gasteiger partial charge in [-0.15, -0.1) is 11.6 Å². The molecule has 0 aromatic heterocycles. The fourth-order valence-electron chi connectivity index (χ4n) is 5.91. The first-order valence-electron chi connectivity index (χ1n) is 16.6. The Kier molecular flexibility index (Phi) is 15.7. The van der Waals surface area contributed by atoms with Gasteiger partial charge in [0.1, 0.15) is 18.0 Å². The van der Waals surface area contributed by atoms with Crippen LogP contribution in [-0.4, -0.2) is 88.4 Å². The second kappa shape index (κ2) is 19.9. The molecule has 3 rings (SSSR count). The summed E-state index contributed by atoms with van der Waals surface area (Å²) >= 11 is 5.63. The molecule has 0 spiro atoms. The molecule has 0 bridgehead atoms. The average molecular weight is 712 g/mol. The SMILES string of the molecule is NC(=O)[C@H](CCCN=C(N)N)CC(=O)[C@H](Cc1ccc(-c2ccccc2)cc1)NC(=O)[C@@H]1CCCCN1C(=O)[C@H](CCC(=O)O)NC(=O)CCl. The molecule has 14 nitrogen and oxygen atoms in total. The van der Waals surface area contributed by atoms with Gasteiger partial charge in [-0.3, -0.25) is 33.8 Å². The topological polar surface area (TPSA) is 240 Å². The van der Waals surface area contributed by atoms with Gasteiger partial charge in [0.05, 0.1) is 6.04 Å². The van der Waals surface area contributed by atoms with E-state index < -0.39 is 71.7 Å². The van der Waals surface area contributed by atoms with Crippen LogP contribution in [0.3, 0.4) is 0 Å². The molecule has 15 heteroatoms. The fourth-order valence-corrected chi connectivity index (χ4v) is 5.99. The van der Waals surface area contributed by atoms with Crippen LogP contribution < -0.4 is 27.8 Å². The van der Waals surface area contributed by atoms with Crippen LogP contribution in [0, 0.1) is 5.92 Å². The van der Waals surface area contributed by atoms with Crippen molar-refractivity contribution in [1.82, 2.24) is 15.5 Å². The number of likely N-dealkylation sites (tertiary alicyclic amines) is 1. The molecule has 1 heterocycles. The number of carbonyl (C=O) groups excluding carboxylic acids is 5. The van der Waals surface area contributed by atoms with Crippen molar-refractivity contribution in [2.75, 3.05) is 19.0 Å². The lowest BCUT2D eigenvalue weighted by Crippen LogP contribution is -2.59. The molecule has 1 aliphatic heterocycles. The number of rotatable bonds is 19. The van der Waals surface area contributed by atoms with Gasteiger partial charge in [0.15, 0.2) is 11.7 Å². The van der Waals surface area contributed by atoms with E-state index in [1.54, 1.807) is 0 Å². The number of primary amides is 1. The summed E-state index contributed by atoms with van der Waals surface area (Å²) < 4.78 is 0. The monoisotopic (exact) mass is 711 g/mol. The maximum absolute atomic E-state index is 13.9. The predicted molar refractivity (Wildman–Crippen MR) is 189 cm³/mol. The van der Waals surface area contributed by atoms with Gasteiger partial charge in [-0.25, -0.2) is 0 Å². The smallest absolute Gasteiger partial charge is 0.303 e. The second-order valence-electron chi connectivity index (χ2n) is 12.3. The Morgan fingerprint density at radius 3 is 2.20 bits per heavy atom. The van der Waals surface area contributed by atoms with Gasteiger partial charge in [0.2, 0.25) is 23.6 Å². The number of Topliss-reactive ketones (excluding diaryl/α,β-unsaturated/α-hetero) is 1. The molecule has 4 atom stereocenters. The summed E-state index contributed by atoms with van der Waals surface area (Å²) in [6, 6.07) is 14.0. The highest BCUT2D eigenvalue weighted by atomic mass is 35.5. The number of amides is 4. The van der Waals surface area contributed by atoms with E-state index >= 15 is 0 Å². The number of piperidine rings is 1. The highest BCUT2D eigenvalue weighted by Gasteiger charge is 2.38. The van der Waals surface area contributed by atoms with E-state index in [9.17, 15) is 33.9 Å². The molecule has 2 aromatic carbocycles. The summed E-state index contributed by atoms with van der Waals surface area (Å²) in [5, 5.41) is 14.5. The summed E-state index contributed by atoms with van der Waals surface area (Å²) in [5.74, 6) is -5.45. The third-order valence-electron chi connectivity index (χ3n) is 8.55. The van der Waals surface area contributed by atoms with E-state index in [1.807, 2.05) is 54.6 Å². The van der Waals surface area contributed by atoms with Crippen LogP contribution in [0.5, 0.6) is 0 Å². The Balaban J connectivity index is 1.85. The zero-order valence-corrected chi connectivity index (χ0v) is 28.6. The Labute approximate surface area is 296 Å². The van der Waals surface area contributed by atoms with Crippen LogP contribution >= 0.6 is 11.6 Å². The van der Waals surface area contributed by atoms with Gasteiger partial charge in [-0.05, 0) is 61.6 Å². The van der Waals surface area contributed by atoms with Crippen molar-refractivity contribution >= 4 is 52.9 Å². The molecule has 50 heavy (non-hydrogen) atoms. The summed E-state index contributed by atoms with van der Waals surface area (Å²) in [6.07, 6.45) is 1.42. The van der Waals surface area contributed by atoms with E-state index in [-0.39, 0.29) is 51.2 Å². The molecular formula is C35H46ClN7O7. The number of benzene rings is 2. The number of aliphatic carboxylic acids is 1. The number of nitrogens with zero attached hydrogens (tertiary/aromatic N) is 2. The maximum Gasteiger partial charge on any atom is 0.303 e. The summed E-state index contributed by atoms with van der Waals surface area (Å²) in [7, 11) is 0. The summed E-state index contributed by atoms with van der Waals surface area (Å²) in [4.78, 5) is 82.4. The third-order valence-corrected chi connectivity index (χ3v) is 8.79. The number of alkyl halides is 1. The van der Waals surface area contributed by atoms with Crippen LogP contribution in [0.25, 0.3) is 11.1 Å². The zero-order valence-electron chi connectivity index (χ0n) is 27.9. The van der Waals surface area contributed by atoms with Gasteiger partial charge in [0.25, 0.3) is 0 Å². The number of nitrogens with one attached hydrogen (secondary N) is 2. The first-order valence-corrected chi connectivity index (χ1v) is 17.1. The third kappa shape index (κ3) is 12.5. The number of guanidine groups is 1. The average Bonchev–Trinajstić information content (AvgIpc) is 3.10. The molecule has 9 N–H and O–H groups in total. The van der Waals surface area contributed by atoms with Crippen molar-refractivity contribution in [2.45, 2.75) is 75.9 Å². The minimum atomic E-state index is -1.21. The molecule has 4 amide bonds. The van der Waals surface area contributed by atoms with E-state index in [0.717, 1.165) is 16.7 Å². The van der Waals surface area contributed by atoms with Crippen LogP contribution in [0.1, 0.15) is 56.9 Å². The number of aliphatic imine (C=N–C) groups is 1. The minimum absolute atomic E-state index is 0.0948. The van der Waals surface area contributed by atoms with Crippen molar-refractivity contribution in [3.8, 4) is 11.1 Å². The van der Waals surface area contributed by atoms with Gasteiger partial charge in [0, 0.05) is 31.8 Å². The van der Waals surface area contributed by atoms with Gasteiger partial charge < -0.3 is 37.8 Å². The molecular weight excluding hydrogens is 666 g/mol. The second-order valence-corrected chi connectivity index (χ2v) is 12.5. The summed E-state index contributed by atoms with van der Waals surface area (Å²) in [5.41, 5.74) is 19.1. The van der Waals surface area contributed by atoms with E-state index in [4.69, 9.17) is 28.8 Å². The molecule has 1 aliphatic rings. The van der Waals surface area contributed by atoms with Crippen LogP contribution in [-0.2, 0) is 35.2 Å². The van der Waals surface area contributed by atoms with Gasteiger partial charge in [-0.2, -0.15) is 0 Å². The summed E-state index contributed by atoms with van der Waals surface area (Å²) in [6.45, 7) is 0.439. The Hall–Kier alpha value is -4.98. The van der Waals surface area contributed by atoms with Crippen LogP contribution in [0.15, 0.2) is 59.6 Å². The van der Waals surface area contributed by atoms with E-state index in [2.05, 4.69) is 15.6 Å². The number of ketones is 1. The molecule has 0 aliphatic carbocycles. The highest BCUT2D eigenvalue weighted by Crippen LogP contribution is 2.23. The number of carboxylic acid groups (broad SMARTS) is 1. The number of hydrogen-bond donors (Lipinski definition) is 6. The largest absolute Gasteiger partial charge is 0.481 e. The lowest BCUT2D eigenvalue weighted by molar-refractivity contribution is -0.146. The van der Waals surface area contributed by atoms with Crippen molar-refractivity contribution < 1.29 is 33.9 Å². The molecule has 1 saturated heterocycles. The normalized spacial score (nSPS) is 15.9. The van der Waals surface area contributed by atoms with Gasteiger partial charge >= 0.3 is 5.97 Å². The van der Waals surface area contributed by atoms with E-state index in [1.165, 1.54) is 4.90 Å². The molecule has 2 aromatic rings. The van der Waals surface area contributed by atoms with Crippen LogP contribution in [0.4, 0.5) is 0 Å². The first kappa shape index (κ1) is 39.5. The Morgan fingerprint density at radius 1 is 0.900 bits per heavy atom. The quantitative estimate of drug-likeness (QED) is 0.0534. The van der Waals surface area contributed by atoms with Crippen molar-refractivity contribution in [2.24, 2.45) is 28.1 Å². The van der Waals surface area contributed by atoms with Crippen molar-refractivity contribution in [1.29, 1.82) is 0 Å². The van der Waals surface area contributed by atoms with Gasteiger partial charge in [-0.1, -0.05) is 54.6 Å². The number of carboxylic acids is 1. The number of nitrogens with two attached hydrogens (primary N) is 3. The molecule has 0 radical (unpaired) electrons.